The summed E-state index contributed by atoms with van der Waals surface area (Å²) in [6.07, 6.45) is 9.09. The van der Waals surface area contributed by atoms with Gasteiger partial charge in [-0.15, -0.1) is 0 Å². The summed E-state index contributed by atoms with van der Waals surface area (Å²) in [5, 5.41) is 43.2. The number of aliphatic hydroxyl groups is 4. The molecule has 1 aliphatic heterocycles. The second kappa shape index (κ2) is 18.2. The van der Waals surface area contributed by atoms with Gasteiger partial charge >= 0.3 is 12.1 Å². The summed E-state index contributed by atoms with van der Waals surface area (Å²) >= 11 is 0. The van der Waals surface area contributed by atoms with Gasteiger partial charge < -0.3 is 35.6 Å². The minimum Gasteiger partial charge on any atom is -0.462 e. The van der Waals surface area contributed by atoms with E-state index in [-0.39, 0.29) is 41.9 Å². The van der Waals surface area contributed by atoms with Gasteiger partial charge in [-0.05, 0) is 50.9 Å². The van der Waals surface area contributed by atoms with E-state index in [1.54, 1.807) is 26.0 Å². The van der Waals surface area contributed by atoms with E-state index < -0.39 is 54.6 Å². The van der Waals surface area contributed by atoms with Crippen LogP contribution in [0.1, 0.15) is 88.0 Å². The van der Waals surface area contributed by atoms with Gasteiger partial charge in [0.05, 0.1) is 30.3 Å². The Hall–Kier alpha value is -2.46. The average Bonchev–Trinajstić information content (AvgIpc) is 2.98. The summed E-state index contributed by atoms with van der Waals surface area (Å²) in [5.41, 5.74) is 7.76. The van der Waals surface area contributed by atoms with Crippen molar-refractivity contribution in [3.05, 3.63) is 47.6 Å². The number of carbonyl (C=O) groups excluding carboxylic acids is 2. The molecule has 1 fully saturated rings. The fourth-order valence-electron chi connectivity index (χ4n) is 7.10. The summed E-state index contributed by atoms with van der Waals surface area (Å²) in [6, 6.07) is 0. The molecule has 0 aromatic heterocycles. The minimum absolute atomic E-state index is 0.0226. The van der Waals surface area contributed by atoms with E-state index in [9.17, 15) is 30.0 Å². The highest BCUT2D eigenvalue weighted by Gasteiger charge is 2.41. The Morgan fingerprint density at radius 2 is 1.70 bits per heavy atom. The molecule has 9 heteroatoms. The van der Waals surface area contributed by atoms with Crippen molar-refractivity contribution in [3.63, 3.8) is 0 Å². The molecule has 9 nitrogen and oxygen atoms in total. The first-order valence-electron chi connectivity index (χ1n) is 17.0. The Morgan fingerprint density at radius 1 is 1.04 bits per heavy atom. The molecule has 0 aromatic rings. The Balaban J connectivity index is 1.95. The van der Waals surface area contributed by atoms with Crippen molar-refractivity contribution in [2.24, 2.45) is 53.1 Å². The lowest BCUT2D eigenvalue weighted by molar-refractivity contribution is -0.179. The highest BCUT2D eigenvalue weighted by atomic mass is 16.6. The monoisotopic (exact) mass is 647 g/mol. The van der Waals surface area contributed by atoms with E-state index in [1.165, 1.54) is 5.57 Å². The molecule has 1 heterocycles. The first-order chi connectivity index (χ1) is 21.4. The number of primary amides is 1. The Kier molecular flexibility index (Phi) is 15.7. The zero-order valence-electron chi connectivity index (χ0n) is 29.4. The van der Waals surface area contributed by atoms with Gasteiger partial charge in [-0.1, -0.05) is 96.1 Å². The van der Waals surface area contributed by atoms with Gasteiger partial charge in [0.15, 0.2) is 0 Å². The number of cyclic esters (lactones) is 1. The van der Waals surface area contributed by atoms with E-state index in [0.29, 0.717) is 12.3 Å². The zero-order chi connectivity index (χ0) is 34.9. The maximum absolute atomic E-state index is 12.0. The summed E-state index contributed by atoms with van der Waals surface area (Å²) in [5.74, 6) is -1.83. The van der Waals surface area contributed by atoms with Crippen LogP contribution in [0.25, 0.3) is 0 Å². The maximum Gasteiger partial charge on any atom is 0.404 e. The van der Waals surface area contributed by atoms with Gasteiger partial charge in [0.2, 0.25) is 0 Å². The molecule has 1 aliphatic carbocycles. The molecule has 0 spiro atoms. The topological polar surface area (TPSA) is 160 Å². The van der Waals surface area contributed by atoms with E-state index in [2.05, 4.69) is 25.2 Å². The van der Waals surface area contributed by atoms with Crippen molar-refractivity contribution >= 4 is 12.1 Å². The quantitative estimate of drug-likeness (QED) is 0.109. The third-order valence-electron chi connectivity index (χ3n) is 10.0. The fourth-order valence-corrected chi connectivity index (χ4v) is 7.10. The summed E-state index contributed by atoms with van der Waals surface area (Å²) in [4.78, 5) is 23.8. The van der Waals surface area contributed by atoms with Crippen LogP contribution in [0.4, 0.5) is 4.79 Å². The van der Waals surface area contributed by atoms with Crippen LogP contribution in [0.3, 0.4) is 0 Å². The number of hydrogen-bond acceptors (Lipinski definition) is 8. The van der Waals surface area contributed by atoms with E-state index >= 15 is 0 Å². The molecule has 1 saturated heterocycles. The van der Waals surface area contributed by atoms with Crippen molar-refractivity contribution < 1.29 is 39.5 Å². The van der Waals surface area contributed by atoms with Gasteiger partial charge in [0, 0.05) is 30.1 Å². The van der Waals surface area contributed by atoms with Gasteiger partial charge in [-0.3, -0.25) is 4.79 Å². The van der Waals surface area contributed by atoms with Crippen LogP contribution in [-0.2, 0) is 14.3 Å². The molecule has 262 valence electrons. The summed E-state index contributed by atoms with van der Waals surface area (Å²) < 4.78 is 11.0. The number of esters is 1. The van der Waals surface area contributed by atoms with Crippen LogP contribution >= 0.6 is 0 Å². The molecule has 0 saturated carbocycles. The average molecular weight is 648 g/mol. The number of carbonyl (C=O) groups is 2. The van der Waals surface area contributed by atoms with Crippen LogP contribution in [0.2, 0.25) is 0 Å². The predicted octanol–water partition coefficient (Wildman–Crippen LogP) is 5.47. The molecule has 6 N–H and O–H groups in total. The third-order valence-corrected chi connectivity index (χ3v) is 10.0. The molecular formula is C37H61NO8. The molecule has 14 atom stereocenters. The lowest BCUT2D eigenvalue weighted by atomic mass is 9.79. The molecule has 0 bridgehead atoms. The SMILES string of the molecule is C/C(=C/[C@H](C)[C@@H](O)[C@@H](C)/C=C\[C@@H](O)C[C@@H]1OC(=O)[C@H](C)[C@@H](O)[C@H]1C)C[C@H](C)[C@@H](O)[C@H](C)[C@@H](OC(N)=O)[C@@H](C)CC1=CC=CC(C)C1. The van der Waals surface area contributed by atoms with Crippen molar-refractivity contribution in [2.75, 3.05) is 0 Å². The van der Waals surface area contributed by atoms with Crippen LogP contribution < -0.4 is 5.73 Å². The first kappa shape index (κ1) is 39.7. The molecule has 2 rings (SSSR count). The van der Waals surface area contributed by atoms with Crippen molar-refractivity contribution in [1.29, 1.82) is 0 Å². The zero-order valence-corrected chi connectivity index (χ0v) is 29.4. The number of hydrogen-bond donors (Lipinski definition) is 5. The van der Waals surface area contributed by atoms with Crippen LogP contribution in [0.5, 0.6) is 0 Å². The lowest BCUT2D eigenvalue weighted by Gasteiger charge is -2.36. The van der Waals surface area contributed by atoms with E-state index in [1.807, 2.05) is 47.6 Å². The minimum atomic E-state index is -0.891. The normalized spacial score (nSPS) is 29.9. The number of amides is 1. The second-order valence-corrected chi connectivity index (χ2v) is 14.5. The predicted molar refractivity (Wildman–Crippen MR) is 180 cm³/mol. The summed E-state index contributed by atoms with van der Waals surface area (Å²) in [7, 11) is 0. The van der Waals surface area contributed by atoms with Crippen molar-refractivity contribution in [3.8, 4) is 0 Å². The Labute approximate surface area is 276 Å². The number of allylic oxidation sites excluding steroid dienone is 5. The fraction of sp³-hybridized carbons (Fsp3) is 0.730. The highest BCUT2D eigenvalue weighted by molar-refractivity contribution is 5.73. The molecular weight excluding hydrogens is 586 g/mol. The molecule has 0 radical (unpaired) electrons. The molecule has 2 aliphatic rings. The second-order valence-electron chi connectivity index (χ2n) is 14.5. The number of nitrogens with two attached hydrogens (primary N) is 1. The van der Waals surface area contributed by atoms with Crippen LogP contribution in [0, 0.1) is 47.3 Å². The van der Waals surface area contributed by atoms with Crippen molar-refractivity contribution in [2.45, 2.75) is 125 Å². The molecule has 1 amide bonds. The van der Waals surface area contributed by atoms with E-state index in [4.69, 9.17) is 15.2 Å². The van der Waals surface area contributed by atoms with Gasteiger partial charge in [-0.25, -0.2) is 4.79 Å². The van der Waals surface area contributed by atoms with E-state index in [0.717, 1.165) is 18.4 Å². The largest absolute Gasteiger partial charge is 0.462 e. The van der Waals surface area contributed by atoms with Gasteiger partial charge in [0.25, 0.3) is 0 Å². The van der Waals surface area contributed by atoms with Crippen molar-refractivity contribution in [1.82, 2.24) is 0 Å². The maximum atomic E-state index is 12.0. The van der Waals surface area contributed by atoms with Crippen LogP contribution in [-0.4, -0.2) is 69.1 Å². The lowest BCUT2D eigenvalue weighted by Crippen LogP contribution is -2.47. The number of aliphatic hydroxyl groups excluding tert-OH is 4. The number of ether oxygens (including phenoxy) is 2. The molecule has 0 aromatic carbocycles. The first-order valence-corrected chi connectivity index (χ1v) is 17.0. The standard InChI is InChI=1S/C37H61NO8/c1-20-11-10-12-29(17-20)18-25(6)35(46-37(38)44)27(8)33(41)24(5)16-21(2)15-23(4)32(40)22(3)13-14-30(39)19-31-26(7)34(42)28(9)36(43)45-31/h10-15,20,22-28,30-35,39-42H,16-19H2,1-9H3,(H2,38,44)/b14-13-,21-15-/t20?,22-,23-,24-,25-,26-,27-,28+,30+,31-,32-,33+,34-,35-/m0/s1. The Bertz CT molecular complexity index is 1110. The summed E-state index contributed by atoms with van der Waals surface area (Å²) in [6.45, 7) is 17.3. The van der Waals surface area contributed by atoms with Gasteiger partial charge in [-0.2, -0.15) is 0 Å². The smallest absolute Gasteiger partial charge is 0.404 e. The Morgan fingerprint density at radius 3 is 2.30 bits per heavy atom. The number of rotatable bonds is 16. The van der Waals surface area contributed by atoms with Gasteiger partial charge in [0.1, 0.15) is 12.2 Å². The third kappa shape index (κ3) is 11.7. The highest BCUT2D eigenvalue weighted by Crippen LogP contribution is 2.33. The molecule has 46 heavy (non-hydrogen) atoms. The van der Waals surface area contributed by atoms with Crippen LogP contribution in [0.15, 0.2) is 47.6 Å². The molecule has 1 unspecified atom stereocenters.